The number of unbranched alkanes of at least 4 members (excludes halogenated alkanes) is 1. The molecule has 2 atom stereocenters. The third-order valence-corrected chi connectivity index (χ3v) is 5.05. The van der Waals surface area contributed by atoms with Gasteiger partial charge in [-0.3, -0.25) is 4.90 Å². The van der Waals surface area contributed by atoms with Gasteiger partial charge in [-0.25, -0.2) is 4.98 Å². The van der Waals surface area contributed by atoms with Gasteiger partial charge in [-0.2, -0.15) is 0 Å². The highest BCUT2D eigenvalue weighted by atomic mass is 16.5. The molecule has 2 aliphatic rings. The van der Waals surface area contributed by atoms with E-state index in [-0.39, 0.29) is 11.7 Å². The van der Waals surface area contributed by atoms with Crippen LogP contribution in [-0.2, 0) is 22.4 Å². The molecule has 22 heavy (non-hydrogen) atoms. The molecule has 0 saturated carbocycles. The minimum atomic E-state index is -0.0853. The number of aryl methyl sites for hydroxylation is 1. The Kier molecular flexibility index (Phi) is 5.16. The van der Waals surface area contributed by atoms with Gasteiger partial charge in [-0.1, -0.05) is 13.3 Å². The Bertz CT molecular complexity index is 468. The van der Waals surface area contributed by atoms with E-state index < -0.39 is 0 Å². The van der Waals surface area contributed by atoms with Crippen LogP contribution >= 0.6 is 0 Å². The van der Waals surface area contributed by atoms with E-state index in [9.17, 15) is 0 Å². The summed E-state index contributed by atoms with van der Waals surface area (Å²) in [6.07, 6.45) is 9.01. The normalized spacial score (nSPS) is 29.5. The second kappa shape index (κ2) is 7.11. The topological polar surface area (TPSA) is 50.4 Å². The number of likely N-dealkylation sites (tertiary alicyclic amines) is 1. The molecule has 5 heteroatoms. The Morgan fingerprint density at radius 2 is 2.45 bits per heavy atom. The van der Waals surface area contributed by atoms with Crippen LogP contribution in [0.15, 0.2) is 6.20 Å². The number of aromatic nitrogens is 2. The van der Waals surface area contributed by atoms with Crippen molar-refractivity contribution < 1.29 is 9.47 Å². The van der Waals surface area contributed by atoms with E-state index in [1.165, 1.54) is 18.5 Å². The molecule has 1 aromatic heterocycles. The molecule has 3 rings (SSSR count). The first-order valence-electron chi connectivity index (χ1n) is 8.67. The fraction of sp³-hybridized carbons (Fsp3) is 0.824. The summed E-state index contributed by atoms with van der Waals surface area (Å²) in [5, 5.41) is 0. The summed E-state index contributed by atoms with van der Waals surface area (Å²) in [7, 11) is 1.82. The molecule has 0 radical (unpaired) electrons. The number of aromatic amines is 1. The third-order valence-electron chi connectivity index (χ3n) is 5.05. The molecular formula is C17H29N3O2. The maximum atomic E-state index is 6.12. The van der Waals surface area contributed by atoms with E-state index in [0.717, 1.165) is 57.7 Å². The summed E-state index contributed by atoms with van der Waals surface area (Å²) < 4.78 is 11.8. The summed E-state index contributed by atoms with van der Waals surface area (Å²) in [6, 6.07) is 0. The molecular weight excluding hydrogens is 278 g/mol. The highest BCUT2D eigenvalue weighted by Gasteiger charge is 2.47. The molecule has 0 unspecified atom stereocenters. The number of H-pyrrole nitrogens is 1. The zero-order valence-corrected chi connectivity index (χ0v) is 13.9. The maximum absolute atomic E-state index is 6.12. The standard InChI is InChI=1S/C17H29N3O2/c1-3-4-6-16-18-11-14(19-16)12-20-9-7-15(21-2)17(13-20)8-5-10-22-17/h11,15H,3-10,12-13H2,1-2H3,(H,18,19)/t15-,17-/m0/s1. The minimum absolute atomic E-state index is 0.0853. The second-order valence-electron chi connectivity index (χ2n) is 6.70. The highest BCUT2D eigenvalue weighted by Crippen LogP contribution is 2.36. The van der Waals surface area contributed by atoms with Crippen molar-refractivity contribution in [3.63, 3.8) is 0 Å². The van der Waals surface area contributed by atoms with Crippen LogP contribution in [0.1, 0.15) is 50.5 Å². The van der Waals surface area contributed by atoms with Gasteiger partial charge in [0.1, 0.15) is 11.4 Å². The van der Waals surface area contributed by atoms with E-state index in [1.54, 1.807) is 0 Å². The van der Waals surface area contributed by atoms with Gasteiger partial charge in [0.25, 0.3) is 0 Å². The SMILES string of the molecule is CCCCc1ncc(CN2CC[C@H](OC)[C@]3(CCCO3)C2)[nH]1. The minimum Gasteiger partial charge on any atom is -0.378 e. The van der Waals surface area contributed by atoms with Crippen molar-refractivity contribution in [3.8, 4) is 0 Å². The lowest BCUT2D eigenvalue weighted by Crippen LogP contribution is -2.56. The Balaban J connectivity index is 1.60. The molecule has 0 amide bonds. The molecule has 1 spiro atoms. The lowest BCUT2D eigenvalue weighted by molar-refractivity contribution is -0.145. The van der Waals surface area contributed by atoms with E-state index >= 15 is 0 Å². The van der Waals surface area contributed by atoms with Crippen molar-refractivity contribution in [2.75, 3.05) is 26.8 Å². The van der Waals surface area contributed by atoms with E-state index in [4.69, 9.17) is 9.47 Å². The van der Waals surface area contributed by atoms with Gasteiger partial charge >= 0.3 is 0 Å². The van der Waals surface area contributed by atoms with Crippen molar-refractivity contribution in [3.05, 3.63) is 17.7 Å². The quantitative estimate of drug-likeness (QED) is 0.877. The molecule has 124 valence electrons. The van der Waals surface area contributed by atoms with Gasteiger partial charge in [0, 0.05) is 51.7 Å². The molecule has 3 heterocycles. The van der Waals surface area contributed by atoms with Crippen molar-refractivity contribution >= 4 is 0 Å². The first kappa shape index (κ1) is 16.0. The second-order valence-corrected chi connectivity index (χ2v) is 6.70. The summed E-state index contributed by atoms with van der Waals surface area (Å²) in [5.41, 5.74) is 1.13. The number of hydrogen-bond acceptors (Lipinski definition) is 4. The van der Waals surface area contributed by atoms with E-state index in [0.29, 0.717) is 0 Å². The van der Waals surface area contributed by atoms with Crippen LogP contribution in [0, 0.1) is 0 Å². The van der Waals surface area contributed by atoms with Crippen molar-refractivity contribution in [1.82, 2.24) is 14.9 Å². The van der Waals surface area contributed by atoms with Crippen LogP contribution in [0.25, 0.3) is 0 Å². The molecule has 2 aliphatic heterocycles. The Labute approximate surface area is 133 Å². The first-order chi connectivity index (χ1) is 10.8. The van der Waals surface area contributed by atoms with Crippen molar-refractivity contribution in [2.24, 2.45) is 0 Å². The summed E-state index contributed by atoms with van der Waals surface area (Å²) >= 11 is 0. The number of piperidine rings is 1. The largest absolute Gasteiger partial charge is 0.378 e. The van der Waals surface area contributed by atoms with Crippen LogP contribution in [0.3, 0.4) is 0 Å². The molecule has 1 aromatic rings. The van der Waals surface area contributed by atoms with Crippen LogP contribution in [0.5, 0.6) is 0 Å². The lowest BCUT2D eigenvalue weighted by Gasteiger charge is -2.44. The molecule has 1 N–H and O–H groups in total. The molecule has 2 fully saturated rings. The molecule has 2 saturated heterocycles. The number of ether oxygens (including phenoxy) is 2. The predicted octanol–water partition coefficient (Wildman–Crippen LogP) is 2.52. The highest BCUT2D eigenvalue weighted by molar-refractivity contribution is 5.04. The predicted molar refractivity (Wildman–Crippen MR) is 85.8 cm³/mol. The maximum Gasteiger partial charge on any atom is 0.107 e. The van der Waals surface area contributed by atoms with E-state index in [2.05, 4.69) is 21.8 Å². The third kappa shape index (κ3) is 3.36. The molecule has 0 bridgehead atoms. The summed E-state index contributed by atoms with van der Waals surface area (Å²) in [6.45, 7) is 6.05. The smallest absolute Gasteiger partial charge is 0.107 e. The molecule has 5 nitrogen and oxygen atoms in total. The number of rotatable bonds is 6. The molecule has 0 aromatic carbocycles. The summed E-state index contributed by atoms with van der Waals surface area (Å²) in [4.78, 5) is 10.5. The number of imidazole rings is 1. The Morgan fingerprint density at radius 3 is 3.18 bits per heavy atom. The zero-order valence-electron chi connectivity index (χ0n) is 13.9. The average Bonchev–Trinajstić information content (AvgIpc) is 3.16. The average molecular weight is 307 g/mol. The Hall–Kier alpha value is -0.910. The fourth-order valence-electron chi connectivity index (χ4n) is 3.89. The van der Waals surface area contributed by atoms with Gasteiger partial charge in [0.2, 0.25) is 0 Å². The van der Waals surface area contributed by atoms with Crippen LogP contribution < -0.4 is 0 Å². The zero-order chi connectivity index (χ0) is 15.4. The van der Waals surface area contributed by atoms with Gasteiger partial charge in [-0.15, -0.1) is 0 Å². The lowest BCUT2D eigenvalue weighted by atomic mass is 9.87. The number of nitrogens with zero attached hydrogens (tertiary/aromatic N) is 2. The van der Waals surface area contributed by atoms with Gasteiger partial charge in [0.05, 0.1) is 6.10 Å². The van der Waals surface area contributed by atoms with Crippen molar-refractivity contribution in [2.45, 2.75) is 63.7 Å². The van der Waals surface area contributed by atoms with E-state index in [1.807, 2.05) is 13.3 Å². The van der Waals surface area contributed by atoms with Crippen LogP contribution in [-0.4, -0.2) is 53.4 Å². The van der Waals surface area contributed by atoms with Gasteiger partial charge in [-0.05, 0) is 25.7 Å². The molecule has 0 aliphatic carbocycles. The number of methoxy groups -OCH3 is 1. The van der Waals surface area contributed by atoms with Gasteiger partial charge < -0.3 is 14.5 Å². The first-order valence-corrected chi connectivity index (χ1v) is 8.67. The fourth-order valence-corrected chi connectivity index (χ4v) is 3.89. The van der Waals surface area contributed by atoms with Crippen LogP contribution in [0.4, 0.5) is 0 Å². The Morgan fingerprint density at radius 1 is 1.55 bits per heavy atom. The number of hydrogen-bond donors (Lipinski definition) is 1. The monoisotopic (exact) mass is 307 g/mol. The van der Waals surface area contributed by atoms with Crippen molar-refractivity contribution in [1.29, 1.82) is 0 Å². The van der Waals surface area contributed by atoms with Crippen LogP contribution in [0.2, 0.25) is 0 Å². The summed E-state index contributed by atoms with van der Waals surface area (Å²) in [5.74, 6) is 1.12. The number of nitrogens with one attached hydrogen (secondary N) is 1. The van der Waals surface area contributed by atoms with Gasteiger partial charge in [0.15, 0.2) is 0 Å².